The third-order valence-electron chi connectivity index (χ3n) is 4.43. The molecule has 0 aromatic heterocycles. The van der Waals surface area contributed by atoms with Gasteiger partial charge in [0.15, 0.2) is 0 Å². The summed E-state index contributed by atoms with van der Waals surface area (Å²) >= 11 is 3.54. The van der Waals surface area contributed by atoms with Gasteiger partial charge in [0.2, 0.25) is 0 Å². The number of benzene rings is 2. The Balaban J connectivity index is 2.05. The molecular weight excluding hydrogens is 338 g/mol. The van der Waals surface area contributed by atoms with Crippen LogP contribution in [0.5, 0.6) is 5.75 Å². The molecule has 0 amide bonds. The van der Waals surface area contributed by atoms with E-state index in [2.05, 4.69) is 58.1 Å². The zero-order valence-electron chi connectivity index (χ0n) is 12.9. The van der Waals surface area contributed by atoms with Crippen LogP contribution in [0, 0.1) is 6.92 Å². The molecule has 22 heavy (non-hydrogen) atoms. The van der Waals surface area contributed by atoms with Crippen LogP contribution in [-0.4, -0.2) is 23.1 Å². The number of hydrogen-bond acceptors (Lipinski definition) is 2. The number of phenolic OH excluding ortho intramolecular Hbond substituents is 1. The molecule has 3 heteroatoms. The van der Waals surface area contributed by atoms with Crippen LogP contribution in [0.25, 0.3) is 0 Å². The topological polar surface area (TPSA) is 23.5 Å². The van der Waals surface area contributed by atoms with Crippen LogP contribution in [0.2, 0.25) is 0 Å². The standard InChI is InChI=1S/C19H22BrNO/c1-14-5-7-15(8-6-14)19(21-11-3-2-4-12-21)17-13-16(20)9-10-18(17)22/h5-10,13,19,22H,2-4,11-12H2,1H3/t19-/m1/s1. The number of aryl methyl sites for hydroxylation is 1. The van der Waals surface area contributed by atoms with Crippen molar-refractivity contribution in [1.29, 1.82) is 0 Å². The average Bonchev–Trinajstić information content (AvgIpc) is 2.54. The monoisotopic (exact) mass is 359 g/mol. The molecule has 0 aliphatic carbocycles. The SMILES string of the molecule is Cc1ccc([C@H](c2cc(Br)ccc2O)N2CCCCC2)cc1. The van der Waals surface area contributed by atoms with E-state index in [-0.39, 0.29) is 6.04 Å². The summed E-state index contributed by atoms with van der Waals surface area (Å²) < 4.78 is 1.01. The van der Waals surface area contributed by atoms with Crippen LogP contribution >= 0.6 is 15.9 Å². The Bertz CT molecular complexity index is 632. The van der Waals surface area contributed by atoms with Gasteiger partial charge in [0.05, 0.1) is 6.04 Å². The van der Waals surface area contributed by atoms with Gasteiger partial charge in [-0.3, -0.25) is 4.90 Å². The van der Waals surface area contributed by atoms with Crippen molar-refractivity contribution in [2.45, 2.75) is 32.2 Å². The first-order valence-electron chi connectivity index (χ1n) is 7.94. The van der Waals surface area contributed by atoms with Crippen molar-refractivity contribution in [3.63, 3.8) is 0 Å². The molecule has 1 aliphatic rings. The molecule has 0 radical (unpaired) electrons. The summed E-state index contributed by atoms with van der Waals surface area (Å²) in [6.07, 6.45) is 3.77. The van der Waals surface area contributed by atoms with Gasteiger partial charge in [-0.2, -0.15) is 0 Å². The van der Waals surface area contributed by atoms with Crippen molar-refractivity contribution in [3.8, 4) is 5.75 Å². The summed E-state index contributed by atoms with van der Waals surface area (Å²) in [5.41, 5.74) is 3.50. The molecular formula is C19H22BrNO. The highest BCUT2D eigenvalue weighted by molar-refractivity contribution is 9.10. The van der Waals surface area contributed by atoms with Crippen molar-refractivity contribution >= 4 is 15.9 Å². The van der Waals surface area contributed by atoms with Crippen LogP contribution in [0.15, 0.2) is 46.9 Å². The fourth-order valence-corrected chi connectivity index (χ4v) is 3.64. The number of nitrogens with zero attached hydrogens (tertiary/aromatic N) is 1. The minimum Gasteiger partial charge on any atom is -0.508 e. The molecule has 0 saturated carbocycles. The molecule has 1 saturated heterocycles. The number of aromatic hydroxyl groups is 1. The third kappa shape index (κ3) is 3.36. The number of hydrogen-bond donors (Lipinski definition) is 1. The molecule has 0 spiro atoms. The fraction of sp³-hybridized carbons (Fsp3) is 0.368. The van der Waals surface area contributed by atoms with Gasteiger partial charge in [0.1, 0.15) is 5.75 Å². The van der Waals surface area contributed by atoms with E-state index in [0.717, 1.165) is 23.1 Å². The van der Waals surface area contributed by atoms with E-state index in [9.17, 15) is 5.11 Å². The Morgan fingerprint density at radius 3 is 2.36 bits per heavy atom. The lowest BCUT2D eigenvalue weighted by Gasteiger charge is -2.35. The first-order chi connectivity index (χ1) is 10.6. The Labute approximate surface area is 140 Å². The van der Waals surface area contributed by atoms with E-state index in [1.165, 1.54) is 30.4 Å². The molecule has 2 nitrogen and oxygen atoms in total. The largest absolute Gasteiger partial charge is 0.508 e. The Morgan fingerprint density at radius 2 is 1.68 bits per heavy atom. The maximum atomic E-state index is 10.4. The second kappa shape index (κ2) is 6.84. The molecule has 3 rings (SSSR count). The highest BCUT2D eigenvalue weighted by atomic mass is 79.9. The van der Waals surface area contributed by atoms with Gasteiger partial charge < -0.3 is 5.11 Å². The predicted molar refractivity (Wildman–Crippen MR) is 94.3 cm³/mol. The van der Waals surface area contributed by atoms with E-state index in [1.807, 2.05) is 6.07 Å². The van der Waals surface area contributed by atoms with E-state index in [4.69, 9.17) is 0 Å². The summed E-state index contributed by atoms with van der Waals surface area (Å²) in [4.78, 5) is 2.50. The van der Waals surface area contributed by atoms with Gasteiger partial charge in [0, 0.05) is 10.0 Å². The minimum absolute atomic E-state index is 0.124. The second-order valence-corrected chi connectivity index (χ2v) is 7.03. The molecule has 2 aromatic rings. The molecule has 2 aromatic carbocycles. The number of halogens is 1. The minimum atomic E-state index is 0.124. The maximum absolute atomic E-state index is 10.4. The molecule has 1 N–H and O–H groups in total. The van der Waals surface area contributed by atoms with E-state index >= 15 is 0 Å². The van der Waals surface area contributed by atoms with E-state index in [0.29, 0.717) is 5.75 Å². The Morgan fingerprint density at radius 1 is 1.00 bits per heavy atom. The van der Waals surface area contributed by atoms with Gasteiger partial charge in [0.25, 0.3) is 0 Å². The first-order valence-corrected chi connectivity index (χ1v) is 8.73. The van der Waals surface area contributed by atoms with Crippen molar-refractivity contribution in [2.75, 3.05) is 13.1 Å². The molecule has 0 bridgehead atoms. The highest BCUT2D eigenvalue weighted by Gasteiger charge is 2.26. The Hall–Kier alpha value is -1.32. The smallest absolute Gasteiger partial charge is 0.120 e. The number of rotatable bonds is 3. The van der Waals surface area contributed by atoms with Crippen molar-refractivity contribution < 1.29 is 5.11 Å². The number of piperidine rings is 1. The highest BCUT2D eigenvalue weighted by Crippen LogP contribution is 2.37. The van der Waals surface area contributed by atoms with Crippen molar-refractivity contribution in [3.05, 3.63) is 63.6 Å². The summed E-state index contributed by atoms with van der Waals surface area (Å²) in [5, 5.41) is 10.4. The normalized spacial score (nSPS) is 17.4. The third-order valence-corrected chi connectivity index (χ3v) is 4.93. The molecule has 1 aliphatic heterocycles. The molecule has 1 fully saturated rings. The predicted octanol–water partition coefficient (Wildman–Crippen LogP) is 5.04. The van der Waals surface area contributed by atoms with Gasteiger partial charge in [-0.25, -0.2) is 0 Å². The van der Waals surface area contributed by atoms with E-state index in [1.54, 1.807) is 6.07 Å². The van der Waals surface area contributed by atoms with Crippen molar-refractivity contribution in [1.82, 2.24) is 4.90 Å². The van der Waals surface area contributed by atoms with Crippen LogP contribution in [0.1, 0.15) is 42.0 Å². The van der Waals surface area contributed by atoms with Crippen LogP contribution in [0.3, 0.4) is 0 Å². The average molecular weight is 360 g/mol. The van der Waals surface area contributed by atoms with Gasteiger partial charge in [-0.05, 0) is 56.6 Å². The Kier molecular flexibility index (Phi) is 4.84. The van der Waals surface area contributed by atoms with Crippen LogP contribution < -0.4 is 0 Å². The molecule has 116 valence electrons. The zero-order valence-corrected chi connectivity index (χ0v) is 14.5. The van der Waals surface area contributed by atoms with Crippen molar-refractivity contribution in [2.24, 2.45) is 0 Å². The first kappa shape index (κ1) is 15.6. The lowest BCUT2D eigenvalue weighted by molar-refractivity contribution is 0.185. The summed E-state index contributed by atoms with van der Waals surface area (Å²) in [7, 11) is 0. The molecule has 1 heterocycles. The lowest BCUT2D eigenvalue weighted by Crippen LogP contribution is -2.34. The second-order valence-electron chi connectivity index (χ2n) is 6.11. The number of likely N-dealkylation sites (tertiary alicyclic amines) is 1. The number of phenols is 1. The molecule has 0 unspecified atom stereocenters. The van der Waals surface area contributed by atoms with E-state index < -0.39 is 0 Å². The maximum Gasteiger partial charge on any atom is 0.120 e. The van der Waals surface area contributed by atoms with Crippen LogP contribution in [-0.2, 0) is 0 Å². The summed E-state index contributed by atoms with van der Waals surface area (Å²) in [5.74, 6) is 0.374. The fourth-order valence-electron chi connectivity index (χ4n) is 3.26. The lowest BCUT2D eigenvalue weighted by atomic mass is 9.94. The quantitative estimate of drug-likeness (QED) is 0.829. The molecule has 1 atom stereocenters. The summed E-state index contributed by atoms with van der Waals surface area (Å²) in [6.45, 7) is 4.28. The summed E-state index contributed by atoms with van der Waals surface area (Å²) in [6, 6.07) is 14.5. The van der Waals surface area contributed by atoms with Gasteiger partial charge in [-0.15, -0.1) is 0 Å². The van der Waals surface area contributed by atoms with Gasteiger partial charge in [-0.1, -0.05) is 52.2 Å². The van der Waals surface area contributed by atoms with Gasteiger partial charge >= 0.3 is 0 Å². The zero-order chi connectivity index (χ0) is 15.5. The van der Waals surface area contributed by atoms with Crippen LogP contribution in [0.4, 0.5) is 0 Å².